The molecule has 3 heterocycles. The fraction of sp³-hybridized carbons (Fsp3) is 0.529. The molecule has 3 aliphatic heterocycles. The Bertz CT molecular complexity index is 800. The molecule has 3 aliphatic rings. The van der Waals surface area contributed by atoms with Gasteiger partial charge in [0, 0.05) is 6.54 Å². The standard InChI is InChI=1S/C17H20N2O4S/c1-11-2-4-12(5-3-11)16-14-8-19(9-15(14)23-18-16)17(20)13-6-7-24(21,22)10-13/h2-5,13-15H,6-10H2,1H3/t13-,14-,15-/m1/s1. The first-order valence-corrected chi connectivity index (χ1v) is 10.0. The number of likely N-dealkylation sites (tertiary alicyclic amines) is 1. The molecular formula is C17H20N2O4S. The highest BCUT2D eigenvalue weighted by Gasteiger charge is 2.46. The van der Waals surface area contributed by atoms with Crippen LogP contribution in [0, 0.1) is 18.8 Å². The quantitative estimate of drug-likeness (QED) is 0.799. The number of amides is 1. The first-order valence-electron chi connectivity index (χ1n) is 8.23. The van der Waals surface area contributed by atoms with Crippen LogP contribution in [-0.4, -0.2) is 55.6 Å². The summed E-state index contributed by atoms with van der Waals surface area (Å²) in [4.78, 5) is 19.9. The lowest BCUT2D eigenvalue weighted by molar-refractivity contribution is -0.134. The Morgan fingerprint density at radius 1 is 1.25 bits per heavy atom. The number of carbonyl (C=O) groups excluding carboxylic acids is 1. The van der Waals surface area contributed by atoms with Crippen LogP contribution in [0.4, 0.5) is 0 Å². The van der Waals surface area contributed by atoms with Crippen LogP contribution in [-0.2, 0) is 19.5 Å². The number of hydrogen-bond donors (Lipinski definition) is 0. The van der Waals surface area contributed by atoms with Gasteiger partial charge in [0.15, 0.2) is 15.9 Å². The van der Waals surface area contributed by atoms with E-state index in [-0.39, 0.29) is 29.4 Å². The van der Waals surface area contributed by atoms with Crippen molar-refractivity contribution in [3.8, 4) is 0 Å². The first kappa shape index (κ1) is 15.6. The van der Waals surface area contributed by atoms with Crippen LogP contribution in [0.15, 0.2) is 29.4 Å². The molecule has 24 heavy (non-hydrogen) atoms. The van der Waals surface area contributed by atoms with E-state index in [4.69, 9.17) is 4.84 Å². The molecule has 0 bridgehead atoms. The van der Waals surface area contributed by atoms with E-state index in [0.29, 0.717) is 19.5 Å². The van der Waals surface area contributed by atoms with Gasteiger partial charge in [-0.05, 0) is 18.9 Å². The molecule has 3 atom stereocenters. The summed E-state index contributed by atoms with van der Waals surface area (Å²) in [5, 5.41) is 4.22. The molecule has 4 rings (SSSR count). The summed E-state index contributed by atoms with van der Waals surface area (Å²) in [6, 6.07) is 8.11. The van der Waals surface area contributed by atoms with Gasteiger partial charge in [-0.25, -0.2) is 8.42 Å². The van der Waals surface area contributed by atoms with E-state index >= 15 is 0 Å². The Morgan fingerprint density at radius 2 is 2.00 bits per heavy atom. The molecule has 1 aromatic carbocycles. The predicted octanol–water partition coefficient (Wildman–Crippen LogP) is 0.991. The minimum Gasteiger partial charge on any atom is -0.390 e. The van der Waals surface area contributed by atoms with Gasteiger partial charge >= 0.3 is 0 Å². The molecular weight excluding hydrogens is 328 g/mol. The second kappa shape index (κ2) is 5.58. The average Bonchev–Trinajstić information content (AvgIpc) is 3.21. The molecule has 6 nitrogen and oxygen atoms in total. The smallest absolute Gasteiger partial charge is 0.226 e. The minimum atomic E-state index is -3.05. The summed E-state index contributed by atoms with van der Waals surface area (Å²) in [5.74, 6) is -0.283. The number of oxime groups is 1. The summed E-state index contributed by atoms with van der Waals surface area (Å²) in [6.45, 7) is 3.07. The normalized spacial score (nSPS) is 30.8. The third-order valence-electron chi connectivity index (χ3n) is 5.14. The molecule has 7 heteroatoms. The van der Waals surface area contributed by atoms with Gasteiger partial charge in [-0.1, -0.05) is 35.0 Å². The van der Waals surface area contributed by atoms with Crippen molar-refractivity contribution in [2.75, 3.05) is 24.6 Å². The molecule has 0 unspecified atom stereocenters. The lowest BCUT2D eigenvalue weighted by Crippen LogP contribution is -2.36. The second-order valence-corrected chi connectivity index (χ2v) is 9.16. The zero-order valence-corrected chi connectivity index (χ0v) is 14.3. The second-order valence-electron chi connectivity index (χ2n) is 6.94. The van der Waals surface area contributed by atoms with E-state index in [2.05, 4.69) is 5.16 Å². The van der Waals surface area contributed by atoms with Crippen LogP contribution >= 0.6 is 0 Å². The molecule has 1 aromatic rings. The Morgan fingerprint density at radius 3 is 2.67 bits per heavy atom. The highest BCUT2D eigenvalue weighted by atomic mass is 32.2. The van der Waals surface area contributed by atoms with Crippen molar-refractivity contribution in [2.45, 2.75) is 19.4 Å². The predicted molar refractivity (Wildman–Crippen MR) is 89.4 cm³/mol. The monoisotopic (exact) mass is 348 g/mol. The average molecular weight is 348 g/mol. The van der Waals surface area contributed by atoms with E-state index in [1.807, 2.05) is 31.2 Å². The summed E-state index contributed by atoms with van der Waals surface area (Å²) in [6.07, 6.45) is 0.315. The summed E-state index contributed by atoms with van der Waals surface area (Å²) in [5.41, 5.74) is 3.08. The van der Waals surface area contributed by atoms with Crippen molar-refractivity contribution in [1.82, 2.24) is 4.90 Å². The maximum atomic E-state index is 12.6. The topological polar surface area (TPSA) is 76.0 Å². The van der Waals surface area contributed by atoms with Gasteiger partial charge in [-0.2, -0.15) is 0 Å². The van der Waals surface area contributed by atoms with E-state index < -0.39 is 15.8 Å². The van der Waals surface area contributed by atoms with E-state index in [0.717, 1.165) is 11.3 Å². The van der Waals surface area contributed by atoms with Crippen LogP contribution in [0.1, 0.15) is 17.5 Å². The molecule has 0 saturated carbocycles. The minimum absolute atomic E-state index is 0.0164. The number of carbonyl (C=O) groups is 1. The number of benzene rings is 1. The Kier molecular flexibility index (Phi) is 3.63. The molecule has 0 radical (unpaired) electrons. The van der Waals surface area contributed by atoms with Crippen LogP contribution in [0.25, 0.3) is 0 Å². The Hall–Kier alpha value is -1.89. The maximum absolute atomic E-state index is 12.6. The molecule has 0 aromatic heterocycles. The Labute approximate surface area is 141 Å². The van der Waals surface area contributed by atoms with Crippen molar-refractivity contribution in [3.63, 3.8) is 0 Å². The number of aryl methyl sites for hydroxylation is 1. The highest BCUT2D eigenvalue weighted by molar-refractivity contribution is 7.91. The SMILES string of the molecule is Cc1ccc(C2=NO[C@@H]3CN(C(=O)[C@@H]4CCS(=O)(=O)C4)C[C@@H]23)cc1. The van der Waals surface area contributed by atoms with Crippen LogP contribution in [0.2, 0.25) is 0 Å². The summed E-state index contributed by atoms with van der Waals surface area (Å²) in [7, 11) is -3.05. The van der Waals surface area contributed by atoms with Gasteiger partial charge < -0.3 is 9.74 Å². The Balaban J connectivity index is 1.47. The van der Waals surface area contributed by atoms with Crippen LogP contribution in [0.5, 0.6) is 0 Å². The lowest BCUT2D eigenvalue weighted by Gasteiger charge is -2.20. The van der Waals surface area contributed by atoms with Crippen molar-refractivity contribution in [2.24, 2.45) is 17.0 Å². The van der Waals surface area contributed by atoms with E-state index in [1.165, 1.54) is 5.56 Å². The van der Waals surface area contributed by atoms with Crippen molar-refractivity contribution >= 4 is 21.5 Å². The molecule has 0 aliphatic carbocycles. The van der Waals surface area contributed by atoms with E-state index in [1.54, 1.807) is 4.90 Å². The van der Waals surface area contributed by atoms with Gasteiger partial charge in [-0.15, -0.1) is 0 Å². The van der Waals surface area contributed by atoms with E-state index in [9.17, 15) is 13.2 Å². The molecule has 2 saturated heterocycles. The van der Waals surface area contributed by atoms with Crippen molar-refractivity contribution < 1.29 is 18.0 Å². The third-order valence-corrected chi connectivity index (χ3v) is 6.91. The fourth-order valence-corrected chi connectivity index (χ4v) is 5.49. The van der Waals surface area contributed by atoms with Gasteiger partial charge in [0.05, 0.1) is 35.6 Å². The number of nitrogens with zero attached hydrogens (tertiary/aromatic N) is 2. The number of hydrogen-bond acceptors (Lipinski definition) is 5. The molecule has 1 amide bonds. The number of fused-ring (bicyclic) bond motifs is 1. The third kappa shape index (κ3) is 2.70. The largest absolute Gasteiger partial charge is 0.390 e. The van der Waals surface area contributed by atoms with Gasteiger partial charge in [0.25, 0.3) is 0 Å². The maximum Gasteiger partial charge on any atom is 0.226 e. The number of rotatable bonds is 2. The fourth-order valence-electron chi connectivity index (χ4n) is 3.75. The molecule has 2 fully saturated rings. The zero-order chi connectivity index (χ0) is 16.9. The zero-order valence-electron chi connectivity index (χ0n) is 13.5. The number of sulfone groups is 1. The van der Waals surface area contributed by atoms with Crippen LogP contribution in [0.3, 0.4) is 0 Å². The van der Waals surface area contributed by atoms with Crippen molar-refractivity contribution in [1.29, 1.82) is 0 Å². The first-order chi connectivity index (χ1) is 11.4. The van der Waals surface area contributed by atoms with Gasteiger partial charge in [0.1, 0.15) is 0 Å². The highest BCUT2D eigenvalue weighted by Crippen LogP contribution is 2.32. The molecule has 128 valence electrons. The molecule has 0 N–H and O–H groups in total. The summed E-state index contributed by atoms with van der Waals surface area (Å²) < 4.78 is 23.2. The summed E-state index contributed by atoms with van der Waals surface area (Å²) >= 11 is 0. The lowest BCUT2D eigenvalue weighted by atomic mass is 9.94. The van der Waals surface area contributed by atoms with Crippen LogP contribution < -0.4 is 0 Å². The van der Waals surface area contributed by atoms with Gasteiger partial charge in [0.2, 0.25) is 5.91 Å². The molecule has 0 spiro atoms. The van der Waals surface area contributed by atoms with Crippen molar-refractivity contribution in [3.05, 3.63) is 35.4 Å². The van der Waals surface area contributed by atoms with Gasteiger partial charge in [-0.3, -0.25) is 4.79 Å².